The largest absolute Gasteiger partial charge is 0.493 e. The highest BCUT2D eigenvalue weighted by atomic mass is 16.5. The van der Waals surface area contributed by atoms with Crippen LogP contribution in [-0.4, -0.2) is 47.0 Å². The minimum absolute atomic E-state index is 0.114. The van der Waals surface area contributed by atoms with Gasteiger partial charge in [0.15, 0.2) is 11.5 Å². The molecular formula is C22H25N5O4. The summed E-state index contributed by atoms with van der Waals surface area (Å²) in [5.74, 6) is 2.23. The van der Waals surface area contributed by atoms with Crippen LogP contribution < -0.4 is 19.5 Å². The van der Waals surface area contributed by atoms with Gasteiger partial charge >= 0.3 is 0 Å². The third kappa shape index (κ3) is 3.56. The molecule has 1 amide bonds. The van der Waals surface area contributed by atoms with Crippen molar-refractivity contribution in [3.63, 3.8) is 0 Å². The Labute approximate surface area is 180 Å². The summed E-state index contributed by atoms with van der Waals surface area (Å²) >= 11 is 0. The maximum Gasteiger partial charge on any atom is 0.252 e. The molecule has 1 N–H and O–H groups in total. The summed E-state index contributed by atoms with van der Waals surface area (Å²) in [6.45, 7) is 5.72. The number of nitrogens with one attached hydrogen (secondary N) is 1. The summed E-state index contributed by atoms with van der Waals surface area (Å²) in [7, 11) is 4.70. The van der Waals surface area contributed by atoms with E-state index < -0.39 is 0 Å². The highest BCUT2D eigenvalue weighted by Crippen LogP contribution is 2.45. The maximum atomic E-state index is 12.7. The number of carbonyl (C=O) groups is 1. The molecule has 1 aliphatic rings. The van der Waals surface area contributed by atoms with Gasteiger partial charge in [-0.2, -0.15) is 9.78 Å². The first-order valence-electron chi connectivity index (χ1n) is 9.88. The molecule has 1 aromatic carbocycles. The van der Waals surface area contributed by atoms with Gasteiger partial charge < -0.3 is 19.5 Å². The van der Waals surface area contributed by atoms with E-state index in [0.29, 0.717) is 29.0 Å². The number of amides is 1. The average molecular weight is 423 g/mol. The highest BCUT2D eigenvalue weighted by molar-refractivity contribution is 5.95. The predicted octanol–water partition coefficient (Wildman–Crippen LogP) is 3.09. The molecule has 0 spiro atoms. The van der Waals surface area contributed by atoms with Crippen molar-refractivity contribution >= 4 is 11.7 Å². The molecule has 1 atom stereocenters. The van der Waals surface area contributed by atoms with Crippen molar-refractivity contribution in [3.8, 4) is 23.2 Å². The molecule has 0 bridgehead atoms. The number of aryl methyl sites for hydroxylation is 3. The molecule has 4 rings (SSSR count). The Hall–Kier alpha value is -3.62. The normalized spacial score (nSPS) is 15.3. The maximum absolute atomic E-state index is 12.7. The number of anilines is 1. The molecule has 0 saturated heterocycles. The average Bonchev–Trinajstić information content (AvgIpc) is 3.07. The van der Waals surface area contributed by atoms with Crippen LogP contribution in [0, 0.1) is 20.8 Å². The third-order valence-corrected chi connectivity index (χ3v) is 5.35. The molecule has 1 aliphatic heterocycles. The summed E-state index contributed by atoms with van der Waals surface area (Å²) in [6, 6.07) is 5.64. The summed E-state index contributed by atoms with van der Waals surface area (Å²) in [5, 5.41) is 7.62. The fourth-order valence-corrected chi connectivity index (χ4v) is 4.08. The molecule has 0 aliphatic carbocycles. The molecule has 9 nitrogen and oxygen atoms in total. The fraction of sp³-hybridized carbons (Fsp3) is 0.364. The smallest absolute Gasteiger partial charge is 0.252 e. The van der Waals surface area contributed by atoms with Crippen molar-refractivity contribution in [1.82, 2.24) is 19.7 Å². The molecule has 2 aromatic heterocycles. The molecule has 0 unspecified atom stereocenters. The van der Waals surface area contributed by atoms with Gasteiger partial charge in [-0.1, -0.05) is 0 Å². The zero-order valence-electron chi connectivity index (χ0n) is 18.4. The summed E-state index contributed by atoms with van der Waals surface area (Å²) in [4.78, 5) is 21.7. The van der Waals surface area contributed by atoms with E-state index in [1.54, 1.807) is 26.0 Å². The fourth-order valence-electron chi connectivity index (χ4n) is 4.08. The number of aromatic nitrogens is 4. The molecule has 162 valence electrons. The van der Waals surface area contributed by atoms with Crippen molar-refractivity contribution < 1.29 is 19.0 Å². The molecule has 3 aromatic rings. The zero-order chi connectivity index (χ0) is 22.3. The van der Waals surface area contributed by atoms with Crippen molar-refractivity contribution in [2.45, 2.75) is 33.1 Å². The topological polar surface area (TPSA) is 100 Å². The van der Waals surface area contributed by atoms with Gasteiger partial charge in [0.25, 0.3) is 5.95 Å². The lowest BCUT2D eigenvalue weighted by atomic mass is 9.85. The first-order valence-corrected chi connectivity index (χ1v) is 9.88. The van der Waals surface area contributed by atoms with Crippen molar-refractivity contribution in [2.75, 3.05) is 26.6 Å². The number of nitrogens with zero attached hydrogens (tertiary/aromatic N) is 4. The van der Waals surface area contributed by atoms with Gasteiger partial charge in [0.2, 0.25) is 11.7 Å². The molecule has 0 fully saturated rings. The lowest BCUT2D eigenvalue weighted by molar-refractivity contribution is -0.116. The summed E-state index contributed by atoms with van der Waals surface area (Å²) < 4.78 is 18.1. The third-order valence-electron chi connectivity index (χ3n) is 5.35. The number of fused-ring (bicyclic) bond motifs is 1. The Kier molecular flexibility index (Phi) is 5.26. The van der Waals surface area contributed by atoms with Crippen molar-refractivity contribution in [2.24, 2.45) is 0 Å². The molecule has 3 heterocycles. The zero-order valence-corrected chi connectivity index (χ0v) is 18.4. The first-order chi connectivity index (χ1) is 14.9. The van der Waals surface area contributed by atoms with Crippen LogP contribution in [0.5, 0.6) is 17.2 Å². The van der Waals surface area contributed by atoms with Crippen LogP contribution in [0.3, 0.4) is 0 Å². The van der Waals surface area contributed by atoms with E-state index in [9.17, 15) is 4.79 Å². The van der Waals surface area contributed by atoms with E-state index in [1.807, 2.05) is 39.0 Å². The van der Waals surface area contributed by atoms with Crippen molar-refractivity contribution in [3.05, 3.63) is 46.4 Å². The van der Waals surface area contributed by atoms with Crippen LogP contribution in [0.4, 0.5) is 5.82 Å². The predicted molar refractivity (Wildman–Crippen MR) is 115 cm³/mol. The van der Waals surface area contributed by atoms with Crippen LogP contribution >= 0.6 is 0 Å². The van der Waals surface area contributed by atoms with Gasteiger partial charge in [0.05, 0.1) is 27.0 Å². The van der Waals surface area contributed by atoms with Gasteiger partial charge in [-0.05, 0) is 44.5 Å². The second-order valence-corrected chi connectivity index (χ2v) is 7.47. The minimum atomic E-state index is -0.239. The van der Waals surface area contributed by atoms with Crippen LogP contribution in [0.2, 0.25) is 0 Å². The van der Waals surface area contributed by atoms with E-state index in [4.69, 9.17) is 14.2 Å². The number of hydrogen-bond donors (Lipinski definition) is 1. The molecule has 9 heteroatoms. The summed E-state index contributed by atoms with van der Waals surface area (Å²) in [5.41, 5.74) is 4.23. The van der Waals surface area contributed by atoms with Crippen LogP contribution in [0.1, 0.15) is 40.5 Å². The van der Waals surface area contributed by atoms with E-state index >= 15 is 0 Å². The Morgan fingerprint density at radius 2 is 1.58 bits per heavy atom. The second kappa shape index (κ2) is 7.90. The van der Waals surface area contributed by atoms with Crippen molar-refractivity contribution in [1.29, 1.82) is 0 Å². The Bertz CT molecular complexity index is 1130. The van der Waals surface area contributed by atoms with E-state index in [0.717, 1.165) is 28.2 Å². The van der Waals surface area contributed by atoms with E-state index in [-0.39, 0.29) is 18.2 Å². The number of rotatable bonds is 5. The quantitative estimate of drug-likeness (QED) is 0.673. The Morgan fingerprint density at radius 1 is 0.968 bits per heavy atom. The van der Waals surface area contributed by atoms with Crippen LogP contribution in [0.25, 0.3) is 5.95 Å². The minimum Gasteiger partial charge on any atom is -0.493 e. The first kappa shape index (κ1) is 20.6. The molecule has 0 saturated carbocycles. The van der Waals surface area contributed by atoms with Gasteiger partial charge in [-0.3, -0.25) is 4.79 Å². The molecule has 0 radical (unpaired) electrons. The lowest BCUT2D eigenvalue weighted by Crippen LogP contribution is -2.25. The van der Waals surface area contributed by atoms with Crippen LogP contribution in [0.15, 0.2) is 18.2 Å². The number of ether oxygens (including phenoxy) is 3. The van der Waals surface area contributed by atoms with Crippen LogP contribution in [-0.2, 0) is 4.79 Å². The Morgan fingerprint density at radius 3 is 2.13 bits per heavy atom. The Balaban J connectivity index is 1.90. The molecule has 31 heavy (non-hydrogen) atoms. The van der Waals surface area contributed by atoms with Gasteiger partial charge in [0.1, 0.15) is 5.82 Å². The lowest BCUT2D eigenvalue weighted by Gasteiger charge is -2.25. The summed E-state index contributed by atoms with van der Waals surface area (Å²) in [6.07, 6.45) is 0.270. The number of carbonyl (C=O) groups excluding carboxylic acids is 1. The standard InChI is InChI=1S/C22H25N5O4/c1-11-7-12(2)24-22(23-11)27-21-19(13(3)26-27)15(10-18(28)25-21)14-8-16(29-4)20(31-6)17(9-14)30-5/h7-9,15H,10H2,1-6H3,(H,25,28)/t15-/m1/s1. The monoisotopic (exact) mass is 423 g/mol. The number of benzene rings is 1. The van der Waals surface area contributed by atoms with Gasteiger partial charge in [-0.25, -0.2) is 9.97 Å². The second-order valence-electron chi connectivity index (χ2n) is 7.47. The number of methoxy groups -OCH3 is 3. The highest BCUT2D eigenvalue weighted by Gasteiger charge is 2.34. The molecular weight excluding hydrogens is 398 g/mol. The van der Waals surface area contributed by atoms with E-state index in [2.05, 4.69) is 20.4 Å². The SMILES string of the molecule is COc1cc([C@H]2CC(=O)Nc3c2c(C)nn3-c2nc(C)cc(C)n2)cc(OC)c1OC. The van der Waals surface area contributed by atoms with Gasteiger partial charge in [0, 0.05) is 29.3 Å². The number of hydrogen-bond acceptors (Lipinski definition) is 7. The van der Waals surface area contributed by atoms with E-state index in [1.165, 1.54) is 0 Å². The van der Waals surface area contributed by atoms with Gasteiger partial charge in [-0.15, -0.1) is 0 Å².